The lowest BCUT2D eigenvalue weighted by Crippen LogP contribution is -2.21. The number of aliphatic carboxylic acids is 1. The van der Waals surface area contributed by atoms with Crippen LogP contribution in [0.25, 0.3) is 0 Å². The number of carboxylic acids is 1. The molecule has 4 nitrogen and oxygen atoms in total. The number of aliphatic hydroxyl groups is 1. The molecule has 0 saturated heterocycles. The van der Waals surface area contributed by atoms with Crippen LogP contribution in [0.15, 0.2) is 65.3 Å². The van der Waals surface area contributed by atoms with Crippen LogP contribution in [0.3, 0.4) is 0 Å². The van der Waals surface area contributed by atoms with Crippen molar-refractivity contribution in [1.82, 2.24) is 0 Å². The summed E-state index contributed by atoms with van der Waals surface area (Å²) in [7, 11) is 0. The lowest BCUT2D eigenvalue weighted by atomic mass is 10.1. The van der Waals surface area contributed by atoms with Gasteiger partial charge in [0.2, 0.25) is 0 Å². The Kier molecular flexibility index (Phi) is 8.35. The van der Waals surface area contributed by atoms with Gasteiger partial charge in [0, 0.05) is 11.7 Å². The number of benzene rings is 1. The molecule has 2 rings (SSSR count). The van der Waals surface area contributed by atoms with E-state index in [0.29, 0.717) is 18.6 Å². The average Bonchev–Trinajstić information content (AvgIpc) is 3.12. The highest BCUT2D eigenvalue weighted by Gasteiger charge is 2.18. The summed E-state index contributed by atoms with van der Waals surface area (Å²) in [6, 6.07) is 13.9. The number of furan rings is 1. The Hall–Kier alpha value is -1.98. The van der Waals surface area contributed by atoms with Crippen LogP contribution >= 0.6 is 11.8 Å². The van der Waals surface area contributed by atoms with Crippen molar-refractivity contribution in [3.05, 3.63) is 72.2 Å². The van der Waals surface area contributed by atoms with Crippen LogP contribution in [0.4, 0.5) is 0 Å². The molecule has 0 spiro atoms. The molecule has 0 radical (unpaired) electrons. The molecule has 1 aromatic carbocycles. The summed E-state index contributed by atoms with van der Waals surface area (Å²) in [5, 5.41) is 19.1. The fourth-order valence-electron chi connectivity index (χ4n) is 2.45. The maximum absolute atomic E-state index is 10.6. The third-order valence-electron chi connectivity index (χ3n) is 3.79. The van der Waals surface area contributed by atoms with Gasteiger partial charge in [-0.25, -0.2) is 0 Å². The van der Waals surface area contributed by atoms with Gasteiger partial charge in [-0.2, -0.15) is 0 Å². The van der Waals surface area contributed by atoms with Crippen molar-refractivity contribution in [2.45, 2.75) is 42.8 Å². The standard InChI is InChI=1S/C20H24O4S/c21-18(11-5-13-20(22)23)19(25-15-17-10-6-14-24-17)12-4-9-16-7-2-1-3-8-16/h1-4,6-8,10,12,14,18-19,21H,5,9,11,13,15H2,(H,22,23)/b12-4-. The normalized spacial score (nSPS) is 13.8. The maximum Gasteiger partial charge on any atom is 0.303 e. The van der Waals surface area contributed by atoms with E-state index in [2.05, 4.69) is 18.2 Å². The Balaban J connectivity index is 1.90. The number of carbonyl (C=O) groups is 1. The smallest absolute Gasteiger partial charge is 0.303 e. The lowest BCUT2D eigenvalue weighted by Gasteiger charge is -2.19. The molecule has 0 amide bonds. The van der Waals surface area contributed by atoms with E-state index in [4.69, 9.17) is 9.52 Å². The van der Waals surface area contributed by atoms with E-state index >= 15 is 0 Å². The van der Waals surface area contributed by atoms with Crippen LogP contribution < -0.4 is 0 Å². The minimum absolute atomic E-state index is 0.0837. The molecule has 0 aliphatic carbocycles. The Labute approximate surface area is 152 Å². The lowest BCUT2D eigenvalue weighted by molar-refractivity contribution is -0.137. The van der Waals surface area contributed by atoms with E-state index < -0.39 is 12.1 Å². The third-order valence-corrected chi connectivity index (χ3v) is 5.10. The van der Waals surface area contributed by atoms with Crippen molar-refractivity contribution in [3.8, 4) is 0 Å². The SMILES string of the molecule is O=C(O)CCCC(O)C(/C=C\Cc1ccccc1)SCc1ccco1. The zero-order valence-electron chi connectivity index (χ0n) is 14.1. The molecule has 0 aliphatic heterocycles. The van der Waals surface area contributed by atoms with Crippen molar-refractivity contribution in [1.29, 1.82) is 0 Å². The molecular weight excluding hydrogens is 336 g/mol. The number of carboxylic acid groups (broad SMARTS) is 1. The van der Waals surface area contributed by atoms with Crippen LogP contribution in [0.5, 0.6) is 0 Å². The van der Waals surface area contributed by atoms with E-state index in [1.54, 1.807) is 18.0 Å². The van der Waals surface area contributed by atoms with Gasteiger partial charge in [0.1, 0.15) is 5.76 Å². The maximum atomic E-state index is 10.6. The highest BCUT2D eigenvalue weighted by atomic mass is 32.2. The van der Waals surface area contributed by atoms with Crippen LogP contribution in [0, 0.1) is 0 Å². The van der Waals surface area contributed by atoms with E-state index in [1.165, 1.54) is 5.56 Å². The molecule has 25 heavy (non-hydrogen) atoms. The third kappa shape index (κ3) is 7.63. The molecule has 2 aromatic rings. The molecule has 0 aliphatic rings. The van der Waals surface area contributed by atoms with Gasteiger partial charge in [-0.05, 0) is 37.0 Å². The first-order valence-electron chi connectivity index (χ1n) is 8.39. The predicted molar refractivity (Wildman–Crippen MR) is 101 cm³/mol. The predicted octanol–water partition coefficient (Wildman–Crippen LogP) is 4.30. The molecular formula is C20H24O4S. The summed E-state index contributed by atoms with van der Waals surface area (Å²) in [5.41, 5.74) is 1.22. The molecule has 134 valence electrons. The second kappa shape index (κ2) is 10.8. The highest BCUT2D eigenvalue weighted by Crippen LogP contribution is 2.24. The Bertz CT molecular complexity index is 637. The number of hydrogen-bond acceptors (Lipinski definition) is 4. The largest absolute Gasteiger partial charge is 0.481 e. The van der Waals surface area contributed by atoms with Crippen molar-refractivity contribution >= 4 is 17.7 Å². The first kappa shape index (κ1) is 19.3. The number of thioether (sulfide) groups is 1. The average molecular weight is 360 g/mol. The van der Waals surface area contributed by atoms with Gasteiger partial charge >= 0.3 is 5.97 Å². The summed E-state index contributed by atoms with van der Waals surface area (Å²) >= 11 is 1.60. The Morgan fingerprint density at radius 3 is 2.68 bits per heavy atom. The van der Waals surface area contributed by atoms with Crippen molar-refractivity contribution in [3.63, 3.8) is 0 Å². The zero-order chi connectivity index (χ0) is 17.9. The van der Waals surface area contributed by atoms with Crippen molar-refractivity contribution < 1.29 is 19.4 Å². The van der Waals surface area contributed by atoms with Crippen molar-refractivity contribution in [2.24, 2.45) is 0 Å². The minimum Gasteiger partial charge on any atom is -0.481 e. The van der Waals surface area contributed by atoms with Crippen LogP contribution in [0.2, 0.25) is 0 Å². The second-order valence-electron chi connectivity index (χ2n) is 5.83. The number of aliphatic hydroxyl groups excluding tert-OH is 1. The molecule has 0 fully saturated rings. The van der Waals surface area contributed by atoms with Gasteiger partial charge in [0.15, 0.2) is 0 Å². The van der Waals surface area contributed by atoms with Crippen LogP contribution in [-0.4, -0.2) is 27.5 Å². The van der Waals surface area contributed by atoms with E-state index in [0.717, 1.165) is 12.2 Å². The Morgan fingerprint density at radius 1 is 1.20 bits per heavy atom. The van der Waals surface area contributed by atoms with E-state index in [1.807, 2.05) is 36.4 Å². The quantitative estimate of drug-likeness (QED) is 0.585. The van der Waals surface area contributed by atoms with Gasteiger partial charge in [-0.1, -0.05) is 42.5 Å². The molecule has 1 heterocycles. The summed E-state index contributed by atoms with van der Waals surface area (Å²) in [6.07, 6.45) is 6.98. The first-order valence-corrected chi connectivity index (χ1v) is 9.44. The minimum atomic E-state index is -0.827. The molecule has 5 heteroatoms. The molecule has 1 aromatic heterocycles. The van der Waals surface area contributed by atoms with Gasteiger partial charge in [0.25, 0.3) is 0 Å². The van der Waals surface area contributed by atoms with E-state index in [9.17, 15) is 9.90 Å². The van der Waals surface area contributed by atoms with Gasteiger partial charge < -0.3 is 14.6 Å². The summed E-state index contributed by atoms with van der Waals surface area (Å²) in [6.45, 7) is 0. The van der Waals surface area contributed by atoms with E-state index in [-0.39, 0.29) is 11.7 Å². The molecule has 0 bridgehead atoms. The topological polar surface area (TPSA) is 70.7 Å². The fraction of sp³-hybridized carbons (Fsp3) is 0.350. The molecule has 0 saturated carbocycles. The van der Waals surface area contributed by atoms with Crippen molar-refractivity contribution in [2.75, 3.05) is 0 Å². The zero-order valence-corrected chi connectivity index (χ0v) is 14.9. The van der Waals surface area contributed by atoms with Crippen LogP contribution in [0.1, 0.15) is 30.6 Å². The monoisotopic (exact) mass is 360 g/mol. The molecule has 2 unspecified atom stereocenters. The van der Waals surface area contributed by atoms with Gasteiger partial charge in [-0.15, -0.1) is 11.8 Å². The number of rotatable bonds is 11. The van der Waals surface area contributed by atoms with Gasteiger partial charge in [-0.3, -0.25) is 4.79 Å². The first-order chi connectivity index (χ1) is 12.1. The fourth-order valence-corrected chi connectivity index (χ4v) is 3.55. The summed E-state index contributed by atoms with van der Waals surface area (Å²) in [4.78, 5) is 10.6. The number of hydrogen-bond donors (Lipinski definition) is 2. The number of allylic oxidation sites excluding steroid dienone is 1. The van der Waals surface area contributed by atoms with Gasteiger partial charge in [0.05, 0.1) is 18.1 Å². The summed E-state index contributed by atoms with van der Waals surface area (Å²) < 4.78 is 5.35. The molecule has 2 N–H and O–H groups in total. The summed E-state index contributed by atoms with van der Waals surface area (Å²) in [5.74, 6) is 0.708. The molecule has 2 atom stereocenters. The highest BCUT2D eigenvalue weighted by molar-refractivity contribution is 7.99. The van der Waals surface area contributed by atoms with Crippen LogP contribution in [-0.2, 0) is 17.0 Å². The Morgan fingerprint density at radius 2 is 2.00 bits per heavy atom. The second-order valence-corrected chi connectivity index (χ2v) is 6.99.